The van der Waals surface area contributed by atoms with Gasteiger partial charge in [0.05, 0.1) is 5.69 Å². The molecule has 0 saturated carbocycles. The van der Waals surface area contributed by atoms with Gasteiger partial charge in [-0.25, -0.2) is 8.42 Å². The molecule has 0 unspecified atom stereocenters. The Bertz CT molecular complexity index is 615. The lowest BCUT2D eigenvalue weighted by atomic mass is 10.1. The second kappa shape index (κ2) is 5.67. The Morgan fingerprint density at radius 1 is 1.33 bits per heavy atom. The van der Waals surface area contributed by atoms with E-state index < -0.39 is 14.8 Å². The van der Waals surface area contributed by atoms with Gasteiger partial charge in [-0.2, -0.15) is 0 Å². The lowest BCUT2D eigenvalue weighted by molar-refractivity contribution is -0.129. The summed E-state index contributed by atoms with van der Waals surface area (Å²) in [6, 6.07) is 9.11. The van der Waals surface area contributed by atoms with Gasteiger partial charge in [-0.3, -0.25) is 9.10 Å². The number of hydrogen-bond donors (Lipinski definition) is 0. The topological polar surface area (TPSA) is 57.7 Å². The molecule has 6 heteroatoms. The zero-order valence-electron chi connectivity index (χ0n) is 12.7. The van der Waals surface area contributed by atoms with Crippen LogP contribution in [-0.4, -0.2) is 43.6 Å². The van der Waals surface area contributed by atoms with Crippen LogP contribution in [0.25, 0.3) is 0 Å². The second-order valence-electron chi connectivity index (χ2n) is 5.65. The molecule has 0 radical (unpaired) electrons. The van der Waals surface area contributed by atoms with E-state index in [1.54, 1.807) is 24.0 Å². The quantitative estimate of drug-likeness (QED) is 0.853. The highest BCUT2D eigenvalue weighted by atomic mass is 32.2. The SMILES string of the molecule is CCN(C[C@]1(C)CCN(c2ccccc2)S1(=O)=O)C(C)=O. The van der Waals surface area contributed by atoms with Crippen molar-refractivity contribution in [3.63, 3.8) is 0 Å². The van der Waals surface area contributed by atoms with E-state index >= 15 is 0 Å². The van der Waals surface area contributed by atoms with Gasteiger partial charge in [0.25, 0.3) is 0 Å². The lowest BCUT2D eigenvalue weighted by Crippen LogP contribution is -2.48. The van der Waals surface area contributed by atoms with Crippen molar-refractivity contribution in [3.05, 3.63) is 30.3 Å². The molecule has 1 aliphatic heterocycles. The average Bonchev–Trinajstić information content (AvgIpc) is 2.68. The van der Waals surface area contributed by atoms with Crippen molar-refractivity contribution < 1.29 is 13.2 Å². The van der Waals surface area contributed by atoms with E-state index in [1.165, 1.54) is 11.2 Å². The van der Waals surface area contributed by atoms with E-state index in [0.29, 0.717) is 25.2 Å². The number of amides is 1. The molecule has 0 bridgehead atoms. The molecule has 1 aliphatic rings. The highest BCUT2D eigenvalue weighted by molar-refractivity contribution is 7.94. The summed E-state index contributed by atoms with van der Waals surface area (Å²) in [7, 11) is -3.48. The molecule has 1 aromatic carbocycles. The van der Waals surface area contributed by atoms with E-state index in [9.17, 15) is 13.2 Å². The summed E-state index contributed by atoms with van der Waals surface area (Å²) in [6.45, 7) is 6.29. The molecule has 116 valence electrons. The normalized spacial score (nSPS) is 24.0. The average molecular weight is 310 g/mol. The summed E-state index contributed by atoms with van der Waals surface area (Å²) in [6.07, 6.45) is 0.522. The first-order valence-corrected chi connectivity index (χ1v) is 8.59. The van der Waals surface area contributed by atoms with Gasteiger partial charge in [0, 0.05) is 26.6 Å². The molecule has 0 spiro atoms. The molecule has 21 heavy (non-hydrogen) atoms. The number of rotatable bonds is 4. The van der Waals surface area contributed by atoms with Crippen LogP contribution in [-0.2, 0) is 14.8 Å². The maximum atomic E-state index is 12.9. The number of hydrogen-bond acceptors (Lipinski definition) is 3. The fourth-order valence-corrected chi connectivity index (χ4v) is 4.66. The molecule has 1 amide bonds. The number of para-hydroxylation sites is 1. The Kier molecular flexibility index (Phi) is 4.27. The van der Waals surface area contributed by atoms with Crippen LogP contribution in [0.15, 0.2) is 30.3 Å². The van der Waals surface area contributed by atoms with Gasteiger partial charge < -0.3 is 4.90 Å². The predicted molar refractivity (Wildman–Crippen MR) is 83.7 cm³/mol. The third-order valence-electron chi connectivity index (χ3n) is 4.15. The van der Waals surface area contributed by atoms with E-state index in [-0.39, 0.29) is 12.5 Å². The molecular weight excluding hydrogens is 288 g/mol. The first-order chi connectivity index (χ1) is 9.82. The maximum absolute atomic E-state index is 12.9. The van der Waals surface area contributed by atoms with Crippen LogP contribution >= 0.6 is 0 Å². The minimum absolute atomic E-state index is 0.0907. The summed E-state index contributed by atoms with van der Waals surface area (Å²) in [5, 5.41) is 0. The molecule has 0 N–H and O–H groups in total. The van der Waals surface area contributed by atoms with E-state index in [0.717, 1.165) is 0 Å². The summed E-state index contributed by atoms with van der Waals surface area (Å²) in [4.78, 5) is 13.2. The summed E-state index contributed by atoms with van der Waals surface area (Å²) >= 11 is 0. The second-order valence-corrected chi connectivity index (χ2v) is 8.02. The van der Waals surface area contributed by atoms with Crippen molar-refractivity contribution in [1.82, 2.24) is 4.90 Å². The van der Waals surface area contributed by atoms with Crippen LogP contribution in [0.5, 0.6) is 0 Å². The van der Waals surface area contributed by atoms with Crippen LogP contribution in [0, 0.1) is 0 Å². The van der Waals surface area contributed by atoms with Crippen LogP contribution in [0.1, 0.15) is 27.2 Å². The lowest BCUT2D eigenvalue weighted by Gasteiger charge is -2.31. The Balaban J connectivity index is 2.30. The Labute approximate surface area is 126 Å². The van der Waals surface area contributed by atoms with Crippen molar-refractivity contribution in [3.8, 4) is 0 Å². The van der Waals surface area contributed by atoms with E-state index in [1.807, 2.05) is 25.1 Å². The van der Waals surface area contributed by atoms with Gasteiger partial charge in [0.15, 0.2) is 0 Å². The highest BCUT2D eigenvalue weighted by Gasteiger charge is 2.50. The zero-order chi connectivity index (χ0) is 15.7. The van der Waals surface area contributed by atoms with E-state index in [2.05, 4.69) is 0 Å². The van der Waals surface area contributed by atoms with E-state index in [4.69, 9.17) is 0 Å². The Hall–Kier alpha value is -1.56. The first-order valence-electron chi connectivity index (χ1n) is 7.14. The summed E-state index contributed by atoms with van der Waals surface area (Å²) < 4.78 is 26.3. The molecule has 5 nitrogen and oxygen atoms in total. The number of carbonyl (C=O) groups is 1. The standard InChI is InChI=1S/C15H22N2O3S/c1-4-16(13(2)18)12-15(3)10-11-17(21(15,19)20)14-8-6-5-7-9-14/h5-9H,4,10-12H2,1-3H3/t15-/m0/s1. The Morgan fingerprint density at radius 2 is 1.95 bits per heavy atom. The van der Waals surface area contributed by atoms with Gasteiger partial charge in [0.2, 0.25) is 15.9 Å². The van der Waals surface area contributed by atoms with Crippen molar-refractivity contribution in [2.45, 2.75) is 31.9 Å². The predicted octanol–water partition coefficient (Wildman–Crippen LogP) is 1.85. The fourth-order valence-electron chi connectivity index (χ4n) is 2.73. The fraction of sp³-hybridized carbons (Fsp3) is 0.533. The minimum atomic E-state index is -3.48. The Morgan fingerprint density at radius 3 is 2.48 bits per heavy atom. The van der Waals surface area contributed by atoms with Crippen molar-refractivity contribution in [2.75, 3.05) is 23.9 Å². The van der Waals surface area contributed by atoms with Gasteiger partial charge in [0.1, 0.15) is 4.75 Å². The number of carbonyl (C=O) groups excluding carboxylic acids is 1. The number of nitrogens with zero attached hydrogens (tertiary/aromatic N) is 2. The molecule has 1 saturated heterocycles. The molecule has 0 aromatic heterocycles. The smallest absolute Gasteiger partial charge is 0.242 e. The van der Waals surface area contributed by atoms with Gasteiger partial charge in [-0.15, -0.1) is 0 Å². The monoisotopic (exact) mass is 310 g/mol. The van der Waals surface area contributed by atoms with Gasteiger partial charge >= 0.3 is 0 Å². The van der Waals surface area contributed by atoms with Crippen LogP contribution < -0.4 is 4.31 Å². The van der Waals surface area contributed by atoms with Crippen LogP contribution in [0.2, 0.25) is 0 Å². The third kappa shape index (κ3) is 2.77. The number of benzene rings is 1. The van der Waals surface area contributed by atoms with Crippen molar-refractivity contribution in [1.29, 1.82) is 0 Å². The molecule has 1 heterocycles. The third-order valence-corrected chi connectivity index (χ3v) is 6.71. The highest BCUT2D eigenvalue weighted by Crippen LogP contribution is 2.36. The summed E-state index contributed by atoms with van der Waals surface area (Å²) in [5.74, 6) is -0.0907. The maximum Gasteiger partial charge on any atom is 0.242 e. The molecule has 2 rings (SSSR count). The molecular formula is C15H22N2O3S. The van der Waals surface area contributed by atoms with Crippen molar-refractivity contribution >= 4 is 21.6 Å². The van der Waals surface area contributed by atoms with Gasteiger partial charge in [-0.05, 0) is 32.4 Å². The van der Waals surface area contributed by atoms with Crippen LogP contribution in [0.4, 0.5) is 5.69 Å². The molecule has 1 atom stereocenters. The number of sulfonamides is 1. The minimum Gasteiger partial charge on any atom is -0.342 e. The number of anilines is 1. The molecule has 1 fully saturated rings. The zero-order valence-corrected chi connectivity index (χ0v) is 13.6. The molecule has 0 aliphatic carbocycles. The largest absolute Gasteiger partial charge is 0.342 e. The first kappa shape index (κ1) is 15.8. The van der Waals surface area contributed by atoms with Gasteiger partial charge in [-0.1, -0.05) is 18.2 Å². The molecule has 1 aromatic rings. The van der Waals surface area contributed by atoms with Crippen LogP contribution in [0.3, 0.4) is 0 Å². The summed E-state index contributed by atoms with van der Waals surface area (Å²) in [5.41, 5.74) is 0.687. The van der Waals surface area contributed by atoms with Crippen molar-refractivity contribution in [2.24, 2.45) is 0 Å².